The topological polar surface area (TPSA) is 40.6 Å². The molecule has 1 aliphatic rings. The number of carbonyl (C=O) groups is 2. The van der Waals surface area contributed by atoms with E-state index in [4.69, 9.17) is 0 Å². The molecule has 33 heavy (non-hydrogen) atoms. The number of piperidine rings is 1. The van der Waals surface area contributed by atoms with Crippen LogP contribution in [0.1, 0.15) is 42.1 Å². The Hall–Kier alpha value is -2.74. The average Bonchev–Trinajstić information content (AvgIpc) is 2.81. The van der Waals surface area contributed by atoms with Crippen molar-refractivity contribution in [3.8, 4) is 0 Å². The number of benzene rings is 2. The molecule has 4 nitrogen and oxygen atoms in total. The van der Waals surface area contributed by atoms with E-state index in [1.165, 1.54) is 18.2 Å². The first-order valence-electron chi connectivity index (χ1n) is 11.0. The SMILES string of the molecule is CCCN(C(=O)/C=C/c1ccc(SC(F)(F)F)cc1)C1CCN(C(=O)c2ccccc2)CC1. The molecule has 0 N–H and O–H groups in total. The number of nitrogens with zero attached hydrogens (tertiary/aromatic N) is 2. The normalized spacial score (nSPS) is 15.1. The molecule has 0 saturated carbocycles. The predicted molar refractivity (Wildman–Crippen MR) is 125 cm³/mol. The van der Waals surface area contributed by atoms with Crippen LogP contribution < -0.4 is 0 Å². The largest absolute Gasteiger partial charge is 0.446 e. The summed E-state index contributed by atoms with van der Waals surface area (Å²) in [5, 5.41) is 0. The zero-order valence-electron chi connectivity index (χ0n) is 18.4. The van der Waals surface area contributed by atoms with Crippen LogP contribution in [0.2, 0.25) is 0 Å². The Morgan fingerprint density at radius 3 is 2.27 bits per heavy atom. The zero-order chi connectivity index (χ0) is 23.8. The van der Waals surface area contributed by atoms with Crippen molar-refractivity contribution in [2.75, 3.05) is 19.6 Å². The van der Waals surface area contributed by atoms with Gasteiger partial charge in [-0.3, -0.25) is 9.59 Å². The van der Waals surface area contributed by atoms with E-state index in [0.29, 0.717) is 43.6 Å². The fourth-order valence-electron chi connectivity index (χ4n) is 3.90. The number of hydrogen-bond donors (Lipinski definition) is 0. The van der Waals surface area contributed by atoms with Gasteiger partial charge in [0.05, 0.1) is 0 Å². The van der Waals surface area contributed by atoms with Crippen LogP contribution >= 0.6 is 11.8 Å². The Bertz CT molecular complexity index is 954. The smallest absolute Gasteiger partial charge is 0.338 e. The highest BCUT2D eigenvalue weighted by atomic mass is 32.2. The standard InChI is InChI=1S/C25H27F3N2O2S/c1-2-16-30(21-14-17-29(18-15-21)24(32)20-6-4-3-5-7-20)23(31)13-10-19-8-11-22(12-9-19)33-25(26,27)28/h3-13,21H,2,14-18H2,1H3/b13-10+. The molecule has 0 aliphatic carbocycles. The highest BCUT2D eigenvalue weighted by molar-refractivity contribution is 8.00. The van der Waals surface area contributed by atoms with Crippen molar-refractivity contribution in [2.24, 2.45) is 0 Å². The van der Waals surface area contributed by atoms with Gasteiger partial charge in [-0.05, 0) is 66.9 Å². The van der Waals surface area contributed by atoms with Crippen LogP contribution in [0.5, 0.6) is 0 Å². The summed E-state index contributed by atoms with van der Waals surface area (Å²) in [4.78, 5) is 29.3. The molecule has 0 bridgehead atoms. The molecule has 2 aromatic rings. The minimum absolute atomic E-state index is 0.00875. The molecule has 1 saturated heterocycles. The van der Waals surface area contributed by atoms with Crippen LogP contribution in [0.25, 0.3) is 6.08 Å². The van der Waals surface area contributed by atoms with Gasteiger partial charge in [-0.15, -0.1) is 0 Å². The van der Waals surface area contributed by atoms with Gasteiger partial charge in [0.15, 0.2) is 0 Å². The lowest BCUT2D eigenvalue weighted by Gasteiger charge is -2.38. The number of likely N-dealkylation sites (tertiary alicyclic amines) is 1. The number of carbonyl (C=O) groups excluding carboxylic acids is 2. The summed E-state index contributed by atoms with van der Waals surface area (Å²) in [6.07, 6.45) is 5.33. The van der Waals surface area contributed by atoms with E-state index >= 15 is 0 Å². The number of alkyl halides is 3. The highest BCUT2D eigenvalue weighted by Gasteiger charge is 2.30. The Labute approximate surface area is 196 Å². The fourth-order valence-corrected chi connectivity index (χ4v) is 4.44. The summed E-state index contributed by atoms with van der Waals surface area (Å²) >= 11 is -0.162. The summed E-state index contributed by atoms with van der Waals surface area (Å²) in [6.45, 7) is 3.80. The molecule has 0 atom stereocenters. The summed E-state index contributed by atoms with van der Waals surface area (Å²) in [5.41, 5.74) is -3.00. The van der Waals surface area contributed by atoms with E-state index in [9.17, 15) is 22.8 Å². The van der Waals surface area contributed by atoms with Gasteiger partial charge in [0.2, 0.25) is 5.91 Å². The second-order valence-electron chi connectivity index (χ2n) is 7.87. The van der Waals surface area contributed by atoms with Gasteiger partial charge in [0.1, 0.15) is 0 Å². The molecule has 2 aromatic carbocycles. The van der Waals surface area contributed by atoms with Gasteiger partial charge in [0, 0.05) is 42.2 Å². The number of rotatable bonds is 7. The first kappa shape index (κ1) is 24.9. The Morgan fingerprint density at radius 2 is 1.70 bits per heavy atom. The van der Waals surface area contributed by atoms with Crippen molar-refractivity contribution in [1.82, 2.24) is 9.80 Å². The van der Waals surface area contributed by atoms with Gasteiger partial charge in [-0.2, -0.15) is 13.2 Å². The van der Waals surface area contributed by atoms with Crippen molar-refractivity contribution in [1.29, 1.82) is 0 Å². The molecule has 3 rings (SSSR count). The summed E-state index contributed by atoms with van der Waals surface area (Å²) < 4.78 is 37.4. The summed E-state index contributed by atoms with van der Waals surface area (Å²) in [6, 6.07) is 15.1. The van der Waals surface area contributed by atoms with E-state index < -0.39 is 5.51 Å². The molecule has 0 aromatic heterocycles. The third-order valence-corrected chi connectivity index (χ3v) is 6.23. The third kappa shape index (κ3) is 7.39. The molecule has 0 spiro atoms. The van der Waals surface area contributed by atoms with Crippen molar-refractivity contribution >= 4 is 29.7 Å². The first-order chi connectivity index (χ1) is 15.8. The fraction of sp³-hybridized carbons (Fsp3) is 0.360. The Balaban J connectivity index is 1.58. The van der Waals surface area contributed by atoms with E-state index in [1.54, 1.807) is 30.3 Å². The van der Waals surface area contributed by atoms with Crippen molar-refractivity contribution in [3.63, 3.8) is 0 Å². The van der Waals surface area contributed by atoms with Crippen molar-refractivity contribution in [2.45, 2.75) is 42.6 Å². The lowest BCUT2D eigenvalue weighted by atomic mass is 10.0. The maximum Gasteiger partial charge on any atom is 0.446 e. The van der Waals surface area contributed by atoms with Gasteiger partial charge in [-0.1, -0.05) is 37.3 Å². The molecule has 0 radical (unpaired) electrons. The number of hydrogen-bond acceptors (Lipinski definition) is 3. The van der Waals surface area contributed by atoms with Crippen LogP contribution in [-0.2, 0) is 4.79 Å². The summed E-state index contributed by atoms with van der Waals surface area (Å²) in [7, 11) is 0. The average molecular weight is 477 g/mol. The Morgan fingerprint density at radius 1 is 1.06 bits per heavy atom. The second kappa shape index (κ2) is 11.4. The number of thioether (sulfide) groups is 1. The van der Waals surface area contributed by atoms with Crippen LogP contribution in [0.4, 0.5) is 13.2 Å². The van der Waals surface area contributed by atoms with Gasteiger partial charge in [0.25, 0.3) is 5.91 Å². The number of amides is 2. The molecule has 2 amide bonds. The van der Waals surface area contributed by atoms with E-state index in [2.05, 4.69) is 0 Å². The lowest BCUT2D eigenvalue weighted by Crippen LogP contribution is -2.48. The van der Waals surface area contributed by atoms with Crippen LogP contribution in [-0.4, -0.2) is 52.8 Å². The van der Waals surface area contributed by atoms with Gasteiger partial charge < -0.3 is 9.80 Å². The van der Waals surface area contributed by atoms with Gasteiger partial charge in [-0.25, -0.2) is 0 Å². The first-order valence-corrected chi connectivity index (χ1v) is 11.8. The maximum atomic E-state index is 12.9. The monoisotopic (exact) mass is 476 g/mol. The molecule has 1 fully saturated rings. The lowest BCUT2D eigenvalue weighted by molar-refractivity contribution is -0.129. The predicted octanol–water partition coefficient (Wildman–Crippen LogP) is 5.86. The van der Waals surface area contributed by atoms with Crippen LogP contribution in [0.3, 0.4) is 0 Å². The molecule has 8 heteroatoms. The van der Waals surface area contributed by atoms with Crippen LogP contribution in [0, 0.1) is 0 Å². The second-order valence-corrected chi connectivity index (χ2v) is 9.01. The molecular weight excluding hydrogens is 449 g/mol. The Kier molecular flexibility index (Phi) is 8.61. The minimum atomic E-state index is -4.32. The zero-order valence-corrected chi connectivity index (χ0v) is 19.2. The summed E-state index contributed by atoms with van der Waals surface area (Å²) in [5.74, 6) is -0.118. The third-order valence-electron chi connectivity index (χ3n) is 5.49. The van der Waals surface area contributed by atoms with Crippen molar-refractivity contribution < 1.29 is 22.8 Å². The van der Waals surface area contributed by atoms with Crippen molar-refractivity contribution in [3.05, 3.63) is 71.8 Å². The van der Waals surface area contributed by atoms with E-state index in [0.717, 1.165) is 6.42 Å². The molecule has 1 heterocycles. The molecule has 1 aliphatic heterocycles. The number of halogens is 3. The molecule has 176 valence electrons. The molecule has 0 unspecified atom stereocenters. The minimum Gasteiger partial charge on any atom is -0.338 e. The van der Waals surface area contributed by atoms with E-state index in [-0.39, 0.29) is 34.5 Å². The quantitative estimate of drug-likeness (QED) is 0.372. The maximum absolute atomic E-state index is 12.9. The van der Waals surface area contributed by atoms with Gasteiger partial charge >= 0.3 is 5.51 Å². The highest BCUT2D eigenvalue weighted by Crippen LogP contribution is 2.36. The van der Waals surface area contributed by atoms with Crippen LogP contribution in [0.15, 0.2) is 65.6 Å². The van der Waals surface area contributed by atoms with E-state index in [1.807, 2.05) is 34.9 Å². The molecular formula is C25H27F3N2O2S.